The van der Waals surface area contributed by atoms with Crippen molar-refractivity contribution >= 4 is 23.1 Å². The molecule has 0 spiro atoms. The van der Waals surface area contributed by atoms with Gasteiger partial charge in [-0.15, -0.1) is 0 Å². The number of likely N-dealkylation sites (N-methyl/N-ethyl adjacent to an activating group) is 1. The number of carbonyl (C=O) groups excluding carboxylic acids is 1. The minimum Gasteiger partial charge on any atom is -0.396 e. The summed E-state index contributed by atoms with van der Waals surface area (Å²) in [6.07, 6.45) is 2.53. The van der Waals surface area contributed by atoms with Crippen LogP contribution in [-0.2, 0) is 4.79 Å². The van der Waals surface area contributed by atoms with Crippen LogP contribution in [0.5, 0.6) is 0 Å². The summed E-state index contributed by atoms with van der Waals surface area (Å²) in [4.78, 5) is 14.3. The Morgan fingerprint density at radius 3 is 2.50 bits per heavy atom. The SMILES string of the molecule is CN(CCCCCO)C(=O)C(C(N)=S)c1ccccc1. The fraction of sp³-hybridized carbons (Fsp3) is 0.467. The number of unbranched alkanes of at least 4 members (excludes halogenated alkanes) is 2. The third kappa shape index (κ3) is 4.90. The molecule has 3 N–H and O–H groups in total. The standard InChI is InChI=1S/C15H22N2O2S/c1-17(10-6-3-7-11-18)15(19)13(14(16)20)12-8-4-2-5-9-12/h2,4-5,8-9,13,18H,3,6-7,10-11H2,1H3,(H2,16,20). The Morgan fingerprint density at radius 2 is 1.95 bits per heavy atom. The maximum absolute atomic E-state index is 12.5. The van der Waals surface area contributed by atoms with Crippen molar-refractivity contribution in [2.45, 2.75) is 25.2 Å². The molecule has 0 saturated heterocycles. The second-order valence-electron chi connectivity index (χ2n) is 4.79. The van der Waals surface area contributed by atoms with Crippen molar-refractivity contribution in [3.05, 3.63) is 35.9 Å². The van der Waals surface area contributed by atoms with Crippen LogP contribution in [0.15, 0.2) is 30.3 Å². The molecule has 4 nitrogen and oxygen atoms in total. The lowest BCUT2D eigenvalue weighted by Gasteiger charge is -2.23. The smallest absolute Gasteiger partial charge is 0.236 e. The molecule has 0 aliphatic rings. The highest BCUT2D eigenvalue weighted by Gasteiger charge is 2.26. The molecule has 0 heterocycles. The number of thiocarbonyl (C=S) groups is 1. The number of amides is 1. The summed E-state index contributed by atoms with van der Waals surface area (Å²) in [6, 6.07) is 9.36. The summed E-state index contributed by atoms with van der Waals surface area (Å²) < 4.78 is 0. The van der Waals surface area contributed by atoms with E-state index < -0.39 is 5.92 Å². The molecular weight excluding hydrogens is 272 g/mol. The van der Waals surface area contributed by atoms with E-state index in [0.717, 1.165) is 24.8 Å². The third-order valence-corrected chi connectivity index (χ3v) is 3.43. The predicted molar refractivity (Wildman–Crippen MR) is 84.5 cm³/mol. The minimum atomic E-state index is -0.561. The molecule has 20 heavy (non-hydrogen) atoms. The van der Waals surface area contributed by atoms with Crippen molar-refractivity contribution in [1.29, 1.82) is 0 Å². The van der Waals surface area contributed by atoms with Crippen LogP contribution in [0.1, 0.15) is 30.7 Å². The molecule has 1 aromatic carbocycles. The molecule has 0 fully saturated rings. The summed E-state index contributed by atoms with van der Waals surface area (Å²) >= 11 is 5.05. The molecule has 0 aliphatic heterocycles. The van der Waals surface area contributed by atoms with Crippen LogP contribution in [0.4, 0.5) is 0 Å². The van der Waals surface area contributed by atoms with Crippen LogP contribution in [-0.4, -0.2) is 41.1 Å². The number of hydrogen-bond donors (Lipinski definition) is 2. The van der Waals surface area contributed by atoms with Gasteiger partial charge in [0.2, 0.25) is 5.91 Å². The van der Waals surface area contributed by atoms with E-state index in [9.17, 15) is 4.79 Å². The van der Waals surface area contributed by atoms with E-state index >= 15 is 0 Å². The molecule has 0 bridgehead atoms. The molecule has 1 atom stereocenters. The molecule has 0 aromatic heterocycles. The molecule has 1 amide bonds. The summed E-state index contributed by atoms with van der Waals surface area (Å²) in [7, 11) is 1.76. The van der Waals surface area contributed by atoms with Crippen molar-refractivity contribution in [2.75, 3.05) is 20.2 Å². The van der Waals surface area contributed by atoms with Gasteiger partial charge in [-0.1, -0.05) is 42.5 Å². The number of nitrogens with two attached hydrogens (primary N) is 1. The van der Waals surface area contributed by atoms with Crippen molar-refractivity contribution in [1.82, 2.24) is 4.90 Å². The van der Waals surface area contributed by atoms with Crippen molar-refractivity contribution < 1.29 is 9.90 Å². The van der Waals surface area contributed by atoms with Gasteiger partial charge in [-0.2, -0.15) is 0 Å². The van der Waals surface area contributed by atoms with Crippen LogP contribution < -0.4 is 5.73 Å². The normalized spacial score (nSPS) is 11.9. The number of aliphatic hydroxyl groups is 1. The molecule has 110 valence electrons. The van der Waals surface area contributed by atoms with E-state index in [0.29, 0.717) is 6.54 Å². The molecule has 1 rings (SSSR count). The summed E-state index contributed by atoms with van der Waals surface area (Å²) in [5.41, 5.74) is 6.56. The molecule has 0 aliphatic carbocycles. The van der Waals surface area contributed by atoms with Crippen LogP contribution in [0.25, 0.3) is 0 Å². The maximum atomic E-state index is 12.5. The lowest BCUT2D eigenvalue weighted by molar-refractivity contribution is -0.130. The Bertz CT molecular complexity index is 437. The highest BCUT2D eigenvalue weighted by Crippen LogP contribution is 2.18. The number of rotatable bonds is 8. The summed E-state index contributed by atoms with van der Waals surface area (Å²) in [5, 5.41) is 8.74. The van der Waals surface area contributed by atoms with Gasteiger partial charge in [-0.25, -0.2) is 0 Å². The quantitative estimate of drug-likeness (QED) is 0.565. The van der Waals surface area contributed by atoms with Crippen LogP contribution in [0.2, 0.25) is 0 Å². The number of aliphatic hydroxyl groups excluding tert-OH is 1. The third-order valence-electron chi connectivity index (χ3n) is 3.19. The Hall–Kier alpha value is -1.46. The van der Waals surface area contributed by atoms with Crippen molar-refractivity contribution in [3.63, 3.8) is 0 Å². The van der Waals surface area contributed by atoms with E-state index in [-0.39, 0.29) is 17.5 Å². The summed E-state index contributed by atoms with van der Waals surface area (Å²) in [5.74, 6) is -0.637. The van der Waals surface area contributed by atoms with Gasteiger partial charge in [0.1, 0.15) is 5.92 Å². The predicted octanol–water partition coefficient (Wildman–Crippen LogP) is 1.68. The van der Waals surface area contributed by atoms with Crippen LogP contribution >= 0.6 is 12.2 Å². The number of hydrogen-bond acceptors (Lipinski definition) is 3. The molecule has 0 saturated carbocycles. The Morgan fingerprint density at radius 1 is 1.30 bits per heavy atom. The Labute approximate surface area is 125 Å². The van der Waals surface area contributed by atoms with Gasteiger partial charge >= 0.3 is 0 Å². The molecule has 0 radical (unpaired) electrons. The van der Waals surface area contributed by atoms with Gasteiger partial charge in [0.25, 0.3) is 0 Å². The monoisotopic (exact) mass is 294 g/mol. The second-order valence-corrected chi connectivity index (χ2v) is 5.26. The Balaban J connectivity index is 2.68. The fourth-order valence-electron chi connectivity index (χ4n) is 2.04. The largest absolute Gasteiger partial charge is 0.396 e. The number of benzene rings is 1. The van der Waals surface area contributed by atoms with Crippen molar-refractivity contribution in [2.24, 2.45) is 5.73 Å². The van der Waals surface area contributed by atoms with Gasteiger partial charge in [0.05, 0.1) is 4.99 Å². The van der Waals surface area contributed by atoms with Crippen molar-refractivity contribution in [3.8, 4) is 0 Å². The van der Waals surface area contributed by atoms with E-state index in [1.54, 1.807) is 11.9 Å². The average molecular weight is 294 g/mol. The van der Waals surface area contributed by atoms with Gasteiger partial charge in [0, 0.05) is 20.2 Å². The molecule has 1 aromatic rings. The minimum absolute atomic E-state index is 0.0762. The first-order chi connectivity index (χ1) is 9.57. The lowest BCUT2D eigenvalue weighted by atomic mass is 9.97. The first kappa shape index (κ1) is 16.6. The molecular formula is C15H22N2O2S. The Kier molecular flexibility index (Phi) is 7.18. The topological polar surface area (TPSA) is 66.6 Å². The van der Waals surface area contributed by atoms with Gasteiger partial charge in [-0.3, -0.25) is 4.79 Å². The first-order valence-corrected chi connectivity index (χ1v) is 7.19. The maximum Gasteiger partial charge on any atom is 0.236 e. The molecule has 5 heteroatoms. The first-order valence-electron chi connectivity index (χ1n) is 6.78. The highest BCUT2D eigenvalue weighted by molar-refractivity contribution is 7.80. The van der Waals surface area contributed by atoms with Gasteiger partial charge < -0.3 is 15.7 Å². The summed E-state index contributed by atoms with van der Waals surface area (Å²) in [6.45, 7) is 0.835. The van der Waals surface area contributed by atoms with Gasteiger partial charge in [0.15, 0.2) is 0 Å². The van der Waals surface area contributed by atoms with E-state index in [2.05, 4.69) is 0 Å². The van der Waals surface area contributed by atoms with E-state index in [1.807, 2.05) is 30.3 Å². The zero-order valence-corrected chi connectivity index (χ0v) is 12.6. The van der Waals surface area contributed by atoms with Gasteiger partial charge in [-0.05, 0) is 24.8 Å². The van der Waals surface area contributed by atoms with Crippen LogP contribution in [0, 0.1) is 0 Å². The lowest BCUT2D eigenvalue weighted by Crippen LogP contribution is -2.38. The van der Waals surface area contributed by atoms with Crippen LogP contribution in [0.3, 0.4) is 0 Å². The highest BCUT2D eigenvalue weighted by atomic mass is 32.1. The van der Waals surface area contributed by atoms with E-state index in [4.69, 9.17) is 23.1 Å². The fourth-order valence-corrected chi connectivity index (χ4v) is 2.28. The number of carbonyl (C=O) groups is 1. The molecule has 1 unspecified atom stereocenters. The average Bonchev–Trinajstić information content (AvgIpc) is 2.44. The number of nitrogens with zero attached hydrogens (tertiary/aromatic N) is 1. The zero-order valence-electron chi connectivity index (χ0n) is 11.8. The van der Waals surface area contributed by atoms with E-state index in [1.165, 1.54) is 0 Å². The zero-order chi connectivity index (χ0) is 15.0. The second kappa shape index (κ2) is 8.66.